The standard InChI is InChI=1S/C13H22N2O3S2/c1-4-14-7-11-12(10(2)8-19-11)20(16,17)15-13(3)5-6-18-9-13/h8,14-15H,4-7,9H2,1-3H3. The number of thiophene rings is 1. The lowest BCUT2D eigenvalue weighted by Gasteiger charge is -2.23. The fraction of sp³-hybridized carbons (Fsp3) is 0.692. The number of hydrogen-bond acceptors (Lipinski definition) is 5. The second-order valence-corrected chi connectivity index (χ2v) is 8.00. The van der Waals surface area contributed by atoms with Crippen LogP contribution in [-0.4, -0.2) is 33.7 Å². The highest BCUT2D eigenvalue weighted by molar-refractivity contribution is 7.89. The van der Waals surface area contributed by atoms with E-state index in [1.54, 1.807) is 0 Å². The summed E-state index contributed by atoms with van der Waals surface area (Å²) in [5, 5.41) is 5.08. The number of rotatable bonds is 6. The molecular weight excluding hydrogens is 296 g/mol. The van der Waals surface area contributed by atoms with Crippen molar-refractivity contribution in [1.29, 1.82) is 0 Å². The van der Waals surface area contributed by atoms with Crippen LogP contribution in [0.4, 0.5) is 0 Å². The van der Waals surface area contributed by atoms with Crippen molar-refractivity contribution in [2.45, 2.75) is 44.2 Å². The lowest BCUT2D eigenvalue weighted by Crippen LogP contribution is -2.46. The smallest absolute Gasteiger partial charge is 0.242 e. The maximum Gasteiger partial charge on any atom is 0.242 e. The molecule has 1 aromatic heterocycles. The Morgan fingerprint density at radius 1 is 1.50 bits per heavy atom. The zero-order valence-corrected chi connectivity index (χ0v) is 13.8. The quantitative estimate of drug-likeness (QED) is 0.836. The zero-order valence-electron chi connectivity index (χ0n) is 12.2. The molecule has 1 fully saturated rings. The molecule has 1 aliphatic heterocycles. The molecule has 2 N–H and O–H groups in total. The molecule has 0 spiro atoms. The van der Waals surface area contributed by atoms with E-state index in [0.29, 0.717) is 31.1 Å². The number of aryl methyl sites for hydroxylation is 1. The van der Waals surface area contributed by atoms with Gasteiger partial charge in [0.25, 0.3) is 0 Å². The summed E-state index contributed by atoms with van der Waals surface area (Å²) >= 11 is 1.49. The Morgan fingerprint density at radius 3 is 2.85 bits per heavy atom. The lowest BCUT2D eigenvalue weighted by atomic mass is 10.0. The third-order valence-electron chi connectivity index (χ3n) is 3.39. The average Bonchev–Trinajstić information content (AvgIpc) is 2.92. The molecule has 2 heterocycles. The maximum absolute atomic E-state index is 12.7. The van der Waals surface area contributed by atoms with Crippen molar-refractivity contribution in [1.82, 2.24) is 10.0 Å². The Balaban J connectivity index is 2.26. The first kappa shape index (κ1) is 15.9. The zero-order chi connectivity index (χ0) is 14.8. The molecule has 1 unspecified atom stereocenters. The Kier molecular flexibility index (Phi) is 4.86. The molecule has 114 valence electrons. The van der Waals surface area contributed by atoms with Gasteiger partial charge in [-0.05, 0) is 37.8 Å². The molecule has 0 saturated carbocycles. The minimum absolute atomic E-state index is 0.427. The summed E-state index contributed by atoms with van der Waals surface area (Å²) in [4.78, 5) is 1.29. The highest BCUT2D eigenvalue weighted by Crippen LogP contribution is 2.29. The van der Waals surface area contributed by atoms with Crippen molar-refractivity contribution in [2.75, 3.05) is 19.8 Å². The van der Waals surface area contributed by atoms with Gasteiger partial charge in [-0.25, -0.2) is 13.1 Å². The largest absolute Gasteiger partial charge is 0.379 e. The van der Waals surface area contributed by atoms with Gasteiger partial charge in [-0.2, -0.15) is 0 Å². The van der Waals surface area contributed by atoms with E-state index in [-0.39, 0.29) is 0 Å². The summed E-state index contributed by atoms with van der Waals surface area (Å²) in [7, 11) is -3.51. The molecule has 1 saturated heterocycles. The van der Waals surface area contributed by atoms with E-state index in [9.17, 15) is 8.42 Å². The van der Waals surface area contributed by atoms with Crippen molar-refractivity contribution in [2.24, 2.45) is 0 Å². The fourth-order valence-corrected chi connectivity index (χ4v) is 5.54. The SMILES string of the molecule is CCNCc1scc(C)c1S(=O)(=O)NC1(C)CCOC1. The van der Waals surface area contributed by atoms with Gasteiger partial charge in [0.15, 0.2) is 0 Å². The predicted octanol–water partition coefficient (Wildman–Crippen LogP) is 1.62. The van der Waals surface area contributed by atoms with E-state index < -0.39 is 15.6 Å². The van der Waals surface area contributed by atoms with Gasteiger partial charge in [0.2, 0.25) is 10.0 Å². The first-order valence-corrected chi connectivity index (χ1v) is 9.14. The van der Waals surface area contributed by atoms with Crippen LogP contribution in [0, 0.1) is 6.92 Å². The van der Waals surface area contributed by atoms with Crippen molar-refractivity contribution in [3.8, 4) is 0 Å². The van der Waals surface area contributed by atoms with Crippen LogP contribution in [-0.2, 0) is 21.3 Å². The van der Waals surface area contributed by atoms with Gasteiger partial charge >= 0.3 is 0 Å². The van der Waals surface area contributed by atoms with E-state index in [1.165, 1.54) is 11.3 Å². The topological polar surface area (TPSA) is 67.4 Å². The molecule has 1 aromatic rings. The van der Waals surface area contributed by atoms with E-state index in [2.05, 4.69) is 10.0 Å². The number of nitrogens with one attached hydrogen (secondary N) is 2. The van der Waals surface area contributed by atoms with Crippen LogP contribution < -0.4 is 10.0 Å². The molecule has 0 aromatic carbocycles. The van der Waals surface area contributed by atoms with Crippen LogP contribution in [0.15, 0.2) is 10.3 Å². The van der Waals surface area contributed by atoms with Crippen LogP contribution in [0.25, 0.3) is 0 Å². The molecule has 0 aliphatic carbocycles. The van der Waals surface area contributed by atoms with Crippen LogP contribution >= 0.6 is 11.3 Å². The van der Waals surface area contributed by atoms with Crippen molar-refractivity contribution < 1.29 is 13.2 Å². The van der Waals surface area contributed by atoms with Crippen LogP contribution in [0.3, 0.4) is 0 Å². The maximum atomic E-state index is 12.7. The Morgan fingerprint density at radius 2 is 2.25 bits per heavy atom. The fourth-order valence-electron chi connectivity index (χ4n) is 2.33. The summed E-state index contributed by atoms with van der Waals surface area (Å²) in [6, 6.07) is 0. The van der Waals surface area contributed by atoms with Gasteiger partial charge in [0, 0.05) is 18.0 Å². The van der Waals surface area contributed by atoms with Gasteiger partial charge in [-0.1, -0.05) is 6.92 Å². The van der Waals surface area contributed by atoms with Crippen molar-refractivity contribution >= 4 is 21.4 Å². The van der Waals surface area contributed by atoms with Crippen molar-refractivity contribution in [3.63, 3.8) is 0 Å². The second-order valence-electron chi connectivity index (χ2n) is 5.42. The van der Waals surface area contributed by atoms with E-state index >= 15 is 0 Å². The van der Waals surface area contributed by atoms with E-state index in [4.69, 9.17) is 4.74 Å². The summed E-state index contributed by atoms with van der Waals surface area (Å²) < 4.78 is 33.5. The Hall–Kier alpha value is -0.470. The second kappa shape index (κ2) is 6.11. The Bertz CT molecular complexity index is 560. The number of sulfonamides is 1. The monoisotopic (exact) mass is 318 g/mol. The third-order valence-corrected chi connectivity index (χ3v) is 6.49. The predicted molar refractivity (Wildman–Crippen MR) is 80.6 cm³/mol. The molecule has 1 aliphatic rings. The third kappa shape index (κ3) is 3.40. The summed E-state index contributed by atoms with van der Waals surface area (Å²) in [6.07, 6.45) is 0.706. The first-order valence-electron chi connectivity index (χ1n) is 6.77. The minimum Gasteiger partial charge on any atom is -0.379 e. The molecule has 7 heteroatoms. The highest BCUT2D eigenvalue weighted by atomic mass is 32.2. The van der Waals surface area contributed by atoms with Gasteiger partial charge in [-0.15, -0.1) is 11.3 Å². The van der Waals surface area contributed by atoms with Gasteiger partial charge in [0.1, 0.15) is 4.90 Å². The first-order chi connectivity index (χ1) is 9.38. The molecule has 0 radical (unpaired) electrons. The Labute approximate surface area is 124 Å². The summed E-state index contributed by atoms with van der Waals surface area (Å²) in [5.74, 6) is 0. The lowest BCUT2D eigenvalue weighted by molar-refractivity contribution is 0.178. The molecule has 20 heavy (non-hydrogen) atoms. The number of ether oxygens (including phenoxy) is 1. The van der Waals surface area contributed by atoms with Crippen molar-refractivity contribution in [3.05, 3.63) is 15.8 Å². The van der Waals surface area contributed by atoms with E-state index in [0.717, 1.165) is 17.0 Å². The average molecular weight is 318 g/mol. The van der Waals surface area contributed by atoms with Crippen LogP contribution in [0.5, 0.6) is 0 Å². The number of hydrogen-bond donors (Lipinski definition) is 2. The molecular formula is C13H22N2O3S2. The van der Waals surface area contributed by atoms with Gasteiger partial charge in [-0.3, -0.25) is 0 Å². The molecule has 0 amide bonds. The summed E-state index contributed by atoms with van der Waals surface area (Å²) in [5.41, 5.74) is 0.306. The minimum atomic E-state index is -3.51. The van der Waals surface area contributed by atoms with E-state index in [1.807, 2.05) is 26.2 Å². The van der Waals surface area contributed by atoms with Crippen LogP contribution in [0.2, 0.25) is 0 Å². The van der Waals surface area contributed by atoms with Gasteiger partial charge < -0.3 is 10.1 Å². The van der Waals surface area contributed by atoms with Crippen LogP contribution in [0.1, 0.15) is 30.7 Å². The molecule has 1 atom stereocenters. The molecule has 2 rings (SSSR count). The van der Waals surface area contributed by atoms with Gasteiger partial charge in [0.05, 0.1) is 12.1 Å². The highest BCUT2D eigenvalue weighted by Gasteiger charge is 2.36. The summed E-state index contributed by atoms with van der Waals surface area (Å²) in [6.45, 7) is 8.17. The molecule has 0 bridgehead atoms. The normalized spacial score (nSPS) is 23.4. The molecule has 5 nitrogen and oxygen atoms in total.